The Bertz CT molecular complexity index is 955. The third-order valence-corrected chi connectivity index (χ3v) is 4.82. The van der Waals surface area contributed by atoms with Gasteiger partial charge in [-0.3, -0.25) is 4.99 Å². The van der Waals surface area contributed by atoms with Crippen LogP contribution in [0.25, 0.3) is 11.4 Å². The average molecular weight is 529 g/mol. The molecule has 2 N–H and O–H groups in total. The predicted octanol–water partition coefficient (Wildman–Crippen LogP) is 2.32. The molecule has 3 aromatic rings. The molecule has 0 amide bonds. The van der Waals surface area contributed by atoms with Crippen molar-refractivity contribution in [3.05, 3.63) is 47.3 Å². The zero-order valence-corrected chi connectivity index (χ0v) is 19.0. The molecule has 0 aliphatic carbocycles. The summed E-state index contributed by atoms with van der Waals surface area (Å²) >= 11 is 5.91. The smallest absolute Gasteiger partial charge is 0.228 e. The van der Waals surface area contributed by atoms with E-state index in [0.717, 1.165) is 36.7 Å². The number of fused-ring (bicyclic) bond motifs is 1. The van der Waals surface area contributed by atoms with E-state index in [1.165, 1.54) is 0 Å². The van der Waals surface area contributed by atoms with Gasteiger partial charge >= 0.3 is 0 Å². The van der Waals surface area contributed by atoms with Crippen molar-refractivity contribution >= 4 is 41.5 Å². The summed E-state index contributed by atoms with van der Waals surface area (Å²) < 4.78 is 7.27. The Kier molecular flexibility index (Phi) is 7.42. The topological polar surface area (TPSA) is 106 Å². The molecule has 0 saturated heterocycles. The van der Waals surface area contributed by atoms with Gasteiger partial charge in [-0.05, 0) is 30.7 Å². The van der Waals surface area contributed by atoms with Gasteiger partial charge in [0.25, 0.3) is 0 Å². The molecule has 0 saturated carbocycles. The van der Waals surface area contributed by atoms with Crippen LogP contribution in [0.3, 0.4) is 0 Å². The van der Waals surface area contributed by atoms with Gasteiger partial charge in [0.1, 0.15) is 12.2 Å². The van der Waals surface area contributed by atoms with Crippen LogP contribution in [0.1, 0.15) is 18.1 Å². The molecule has 1 aliphatic heterocycles. The van der Waals surface area contributed by atoms with E-state index in [1.54, 1.807) is 25.5 Å². The maximum atomic E-state index is 5.91. The number of benzene rings is 1. The van der Waals surface area contributed by atoms with Crippen molar-refractivity contribution in [2.75, 3.05) is 13.6 Å². The van der Waals surface area contributed by atoms with Crippen LogP contribution in [-0.4, -0.2) is 50.5 Å². The van der Waals surface area contributed by atoms with Gasteiger partial charge in [0, 0.05) is 43.1 Å². The third-order valence-electron chi connectivity index (χ3n) is 4.57. The molecule has 2 aromatic heterocycles. The second kappa shape index (κ2) is 10.0. The maximum absolute atomic E-state index is 5.91. The largest absolute Gasteiger partial charge is 0.356 e. The maximum Gasteiger partial charge on any atom is 0.228 e. The van der Waals surface area contributed by atoms with Gasteiger partial charge in [-0.15, -0.1) is 24.0 Å². The van der Waals surface area contributed by atoms with Crippen LogP contribution in [0.5, 0.6) is 0 Å². The molecule has 29 heavy (non-hydrogen) atoms. The molecule has 11 heteroatoms. The zero-order chi connectivity index (χ0) is 19.3. The van der Waals surface area contributed by atoms with Gasteiger partial charge in [-0.1, -0.05) is 16.8 Å². The van der Waals surface area contributed by atoms with Crippen LogP contribution in [-0.2, 0) is 19.4 Å². The Balaban J connectivity index is 0.00000240. The first-order chi connectivity index (χ1) is 13.7. The molecular weight excluding hydrogens is 507 g/mol. The lowest BCUT2D eigenvalue weighted by atomic mass is 10.1. The molecule has 1 unspecified atom stereocenters. The van der Waals surface area contributed by atoms with E-state index < -0.39 is 0 Å². The van der Waals surface area contributed by atoms with Gasteiger partial charge in [-0.25, -0.2) is 9.67 Å². The molecule has 1 atom stereocenters. The number of aliphatic imine (C=N–C) groups is 1. The van der Waals surface area contributed by atoms with Crippen LogP contribution < -0.4 is 10.6 Å². The summed E-state index contributed by atoms with van der Waals surface area (Å²) in [6.45, 7) is 1.41. The first-order valence-electron chi connectivity index (χ1n) is 9.13. The van der Waals surface area contributed by atoms with Crippen molar-refractivity contribution in [1.82, 2.24) is 35.5 Å². The van der Waals surface area contributed by atoms with Gasteiger partial charge in [0.2, 0.25) is 11.7 Å². The average Bonchev–Trinajstić information content (AvgIpc) is 3.37. The van der Waals surface area contributed by atoms with Crippen molar-refractivity contribution in [1.29, 1.82) is 0 Å². The molecule has 4 rings (SSSR count). The molecule has 1 aromatic carbocycles. The summed E-state index contributed by atoms with van der Waals surface area (Å²) in [6.07, 6.45) is 4.10. The molecule has 9 nitrogen and oxygen atoms in total. The Hall–Kier alpha value is -2.21. The van der Waals surface area contributed by atoms with Crippen LogP contribution in [0.4, 0.5) is 0 Å². The van der Waals surface area contributed by atoms with Crippen LogP contribution in [0.15, 0.2) is 40.1 Å². The van der Waals surface area contributed by atoms with E-state index in [4.69, 9.17) is 16.1 Å². The molecule has 0 bridgehead atoms. The van der Waals surface area contributed by atoms with Gasteiger partial charge < -0.3 is 15.2 Å². The highest BCUT2D eigenvalue weighted by Crippen LogP contribution is 2.18. The van der Waals surface area contributed by atoms with E-state index in [9.17, 15) is 0 Å². The number of hydrogen-bond acceptors (Lipinski definition) is 6. The van der Waals surface area contributed by atoms with Gasteiger partial charge in [0.05, 0.1) is 6.54 Å². The Morgan fingerprint density at radius 2 is 2.17 bits per heavy atom. The number of rotatable bonds is 5. The summed E-state index contributed by atoms with van der Waals surface area (Å²) in [5.74, 6) is 2.90. The summed E-state index contributed by atoms with van der Waals surface area (Å²) in [7, 11) is 1.75. The fourth-order valence-electron chi connectivity index (χ4n) is 3.10. The Labute approximate surface area is 190 Å². The summed E-state index contributed by atoms with van der Waals surface area (Å²) in [5, 5.41) is 15.7. The minimum Gasteiger partial charge on any atom is -0.356 e. The van der Waals surface area contributed by atoms with E-state index >= 15 is 0 Å². The quantitative estimate of drug-likeness (QED) is 0.297. The van der Waals surface area contributed by atoms with E-state index in [-0.39, 0.29) is 30.0 Å². The number of guanidine groups is 1. The normalized spacial score (nSPS) is 16.1. The molecule has 0 radical (unpaired) electrons. The predicted molar refractivity (Wildman–Crippen MR) is 120 cm³/mol. The van der Waals surface area contributed by atoms with Gasteiger partial charge in [0.15, 0.2) is 5.96 Å². The van der Waals surface area contributed by atoms with Crippen molar-refractivity contribution in [2.45, 2.75) is 31.8 Å². The van der Waals surface area contributed by atoms with E-state index in [1.807, 2.05) is 16.8 Å². The number of hydrogen-bond donors (Lipinski definition) is 2. The summed E-state index contributed by atoms with van der Waals surface area (Å²) in [5.41, 5.74) is 0.870. The van der Waals surface area contributed by atoms with E-state index in [0.29, 0.717) is 29.7 Å². The summed E-state index contributed by atoms with van der Waals surface area (Å²) in [6, 6.07) is 7.60. The molecule has 1 aliphatic rings. The van der Waals surface area contributed by atoms with Gasteiger partial charge in [-0.2, -0.15) is 10.1 Å². The summed E-state index contributed by atoms with van der Waals surface area (Å²) in [4.78, 5) is 13.0. The zero-order valence-electron chi connectivity index (χ0n) is 15.9. The molecule has 0 spiro atoms. The lowest BCUT2D eigenvalue weighted by molar-refractivity contribution is 0.377. The third kappa shape index (κ3) is 5.44. The van der Waals surface area contributed by atoms with Crippen molar-refractivity contribution in [2.24, 2.45) is 4.99 Å². The number of nitrogens with zero attached hydrogens (tertiary/aromatic N) is 6. The van der Waals surface area contributed by atoms with Crippen molar-refractivity contribution < 1.29 is 4.52 Å². The Morgan fingerprint density at radius 3 is 2.97 bits per heavy atom. The number of nitrogens with one attached hydrogen (secondary N) is 2. The minimum atomic E-state index is 0. The highest BCUT2D eigenvalue weighted by molar-refractivity contribution is 14.0. The lowest BCUT2D eigenvalue weighted by Crippen LogP contribution is -2.47. The SMILES string of the molecule is CN=C(NCCc1nc(-c2ccc(Cl)cc2)no1)NC1CCc2ncnn2C1.I. The number of aromatic nitrogens is 5. The van der Waals surface area contributed by atoms with E-state index in [2.05, 4.69) is 35.8 Å². The van der Waals surface area contributed by atoms with Crippen molar-refractivity contribution in [3.63, 3.8) is 0 Å². The van der Waals surface area contributed by atoms with Crippen LogP contribution in [0.2, 0.25) is 5.02 Å². The standard InChI is InChI=1S/C18H21ClN8O.HI/c1-20-18(24-14-6-7-15-22-11-23-27(15)10-14)21-9-8-16-25-17(26-28-16)12-2-4-13(19)5-3-12;/h2-5,11,14H,6-10H2,1H3,(H2,20,21,24);1H. The van der Waals surface area contributed by atoms with Crippen LogP contribution in [0, 0.1) is 0 Å². The monoisotopic (exact) mass is 528 g/mol. The number of aryl methyl sites for hydroxylation is 1. The first-order valence-corrected chi connectivity index (χ1v) is 9.51. The molecule has 154 valence electrons. The number of halogens is 2. The fourth-order valence-corrected chi connectivity index (χ4v) is 3.23. The Morgan fingerprint density at radius 1 is 1.34 bits per heavy atom. The fraction of sp³-hybridized carbons (Fsp3) is 0.389. The highest BCUT2D eigenvalue weighted by Gasteiger charge is 2.20. The molecule has 0 fully saturated rings. The highest BCUT2D eigenvalue weighted by atomic mass is 127. The molecular formula is C18H22ClIN8O. The second-order valence-electron chi connectivity index (χ2n) is 6.51. The molecule has 3 heterocycles. The second-order valence-corrected chi connectivity index (χ2v) is 6.94. The first kappa shape index (κ1) is 21.5. The lowest BCUT2D eigenvalue weighted by Gasteiger charge is -2.25. The minimum absolute atomic E-state index is 0. The van der Waals surface area contributed by atoms with Crippen molar-refractivity contribution in [3.8, 4) is 11.4 Å². The van der Waals surface area contributed by atoms with Crippen LogP contribution >= 0.6 is 35.6 Å².